The van der Waals surface area contributed by atoms with Crippen molar-refractivity contribution in [1.29, 1.82) is 5.26 Å². The van der Waals surface area contributed by atoms with Gasteiger partial charge in [-0.15, -0.1) is 0 Å². The maximum atomic E-state index is 12.4. The van der Waals surface area contributed by atoms with Crippen molar-refractivity contribution in [2.75, 3.05) is 0 Å². The van der Waals surface area contributed by atoms with Crippen LogP contribution in [0.4, 0.5) is 0 Å². The highest BCUT2D eigenvalue weighted by molar-refractivity contribution is 6.29. The number of halogens is 1. The number of nitrogens with one attached hydrogen (secondary N) is 1. The Hall–Kier alpha value is -2.60. The van der Waals surface area contributed by atoms with Gasteiger partial charge in [-0.05, 0) is 24.4 Å². The molecule has 1 unspecified atom stereocenters. The standard InChI is InChI=1S/C15H19ClN6O3/c1-8(2)15(3,7-17)19-9(23)6-22-10-11(18-13(22)16)20(4)14(25)21(5)12(10)24/h8H,6H2,1-5H3,(H,19,23). The van der Waals surface area contributed by atoms with Crippen molar-refractivity contribution in [3.8, 4) is 6.07 Å². The maximum Gasteiger partial charge on any atom is 0.332 e. The lowest BCUT2D eigenvalue weighted by molar-refractivity contribution is -0.123. The summed E-state index contributed by atoms with van der Waals surface area (Å²) in [7, 11) is 2.80. The van der Waals surface area contributed by atoms with E-state index in [0.29, 0.717) is 0 Å². The van der Waals surface area contributed by atoms with Crippen LogP contribution in [0.2, 0.25) is 5.28 Å². The quantitative estimate of drug-likeness (QED) is 0.773. The van der Waals surface area contributed by atoms with Crippen LogP contribution < -0.4 is 16.6 Å². The van der Waals surface area contributed by atoms with Crippen molar-refractivity contribution in [1.82, 2.24) is 24.0 Å². The minimum Gasteiger partial charge on any atom is -0.336 e. The zero-order valence-electron chi connectivity index (χ0n) is 14.6. The lowest BCUT2D eigenvalue weighted by atomic mass is 9.90. The lowest BCUT2D eigenvalue weighted by Crippen LogP contribution is -2.50. The Labute approximate surface area is 148 Å². The molecule has 1 N–H and O–H groups in total. The molecule has 0 fully saturated rings. The molecule has 2 rings (SSSR count). The lowest BCUT2D eigenvalue weighted by Gasteiger charge is -2.27. The molecule has 0 saturated heterocycles. The largest absolute Gasteiger partial charge is 0.336 e. The van der Waals surface area contributed by atoms with Gasteiger partial charge < -0.3 is 5.32 Å². The van der Waals surface area contributed by atoms with Crippen LogP contribution in [0.25, 0.3) is 11.2 Å². The summed E-state index contributed by atoms with van der Waals surface area (Å²) < 4.78 is 3.33. The third-order valence-corrected chi connectivity index (χ3v) is 4.68. The second kappa shape index (κ2) is 6.37. The van der Waals surface area contributed by atoms with E-state index in [2.05, 4.69) is 16.4 Å². The molecule has 2 aromatic rings. The first-order valence-electron chi connectivity index (χ1n) is 7.57. The number of carbonyl (C=O) groups is 1. The van der Waals surface area contributed by atoms with Gasteiger partial charge in [0.05, 0.1) is 6.07 Å². The number of fused-ring (bicyclic) bond motifs is 1. The second-order valence-electron chi connectivity index (χ2n) is 6.36. The second-order valence-corrected chi connectivity index (χ2v) is 6.70. The van der Waals surface area contributed by atoms with Crippen LogP contribution in [0.3, 0.4) is 0 Å². The number of carbonyl (C=O) groups excluding carboxylic acids is 1. The third-order valence-electron chi connectivity index (χ3n) is 4.39. The predicted molar refractivity (Wildman–Crippen MR) is 92.2 cm³/mol. The van der Waals surface area contributed by atoms with Gasteiger partial charge in [0.2, 0.25) is 11.2 Å². The van der Waals surface area contributed by atoms with Crippen molar-refractivity contribution in [2.45, 2.75) is 32.9 Å². The summed E-state index contributed by atoms with van der Waals surface area (Å²) >= 11 is 6.07. The smallest absolute Gasteiger partial charge is 0.332 e. The van der Waals surface area contributed by atoms with Gasteiger partial charge in [0.25, 0.3) is 5.56 Å². The molecule has 25 heavy (non-hydrogen) atoms. The van der Waals surface area contributed by atoms with Crippen LogP contribution >= 0.6 is 11.6 Å². The van der Waals surface area contributed by atoms with Crippen molar-refractivity contribution >= 4 is 28.7 Å². The fraction of sp³-hybridized carbons (Fsp3) is 0.533. The van der Waals surface area contributed by atoms with E-state index in [4.69, 9.17) is 11.6 Å². The molecule has 0 spiro atoms. The topological polar surface area (TPSA) is 115 Å². The average molecular weight is 367 g/mol. The van der Waals surface area contributed by atoms with Crippen molar-refractivity contribution in [2.24, 2.45) is 20.0 Å². The molecule has 0 aromatic carbocycles. The van der Waals surface area contributed by atoms with Crippen LogP contribution in [0.5, 0.6) is 0 Å². The first-order valence-corrected chi connectivity index (χ1v) is 7.95. The molecule has 0 saturated carbocycles. The zero-order chi connectivity index (χ0) is 19.1. The first kappa shape index (κ1) is 18.7. The highest BCUT2D eigenvalue weighted by Gasteiger charge is 2.30. The molecule has 0 bridgehead atoms. The van der Waals surface area contributed by atoms with E-state index in [-0.39, 0.29) is 28.9 Å². The van der Waals surface area contributed by atoms with Crippen LogP contribution in [-0.4, -0.2) is 30.1 Å². The number of aromatic nitrogens is 4. The van der Waals surface area contributed by atoms with Crippen LogP contribution in [-0.2, 0) is 25.4 Å². The number of aryl methyl sites for hydroxylation is 1. The Balaban J connectivity index is 2.52. The zero-order valence-corrected chi connectivity index (χ0v) is 15.4. The summed E-state index contributed by atoms with van der Waals surface area (Å²) in [6.45, 7) is 4.95. The number of imidazole rings is 1. The SMILES string of the molecule is CC(C)C(C)(C#N)NC(=O)Cn1c(Cl)nc2c1c(=O)n(C)c(=O)n2C. The molecule has 1 atom stereocenters. The molecule has 0 aliphatic rings. The molecule has 0 aliphatic carbocycles. The number of amides is 1. The van der Waals surface area contributed by atoms with Gasteiger partial charge in [0.1, 0.15) is 12.1 Å². The molecule has 0 radical (unpaired) electrons. The molecular formula is C15H19ClN6O3. The van der Waals surface area contributed by atoms with Gasteiger partial charge in [-0.25, -0.2) is 4.79 Å². The fourth-order valence-electron chi connectivity index (χ4n) is 2.34. The Kier molecular flexibility index (Phi) is 4.77. The highest BCUT2D eigenvalue weighted by atomic mass is 35.5. The van der Waals surface area contributed by atoms with Crippen LogP contribution in [0.1, 0.15) is 20.8 Å². The van der Waals surface area contributed by atoms with Crippen molar-refractivity contribution < 1.29 is 4.79 Å². The predicted octanol–water partition coefficient (Wildman–Crippen LogP) is 0.142. The van der Waals surface area contributed by atoms with Gasteiger partial charge in [0.15, 0.2) is 11.2 Å². The summed E-state index contributed by atoms with van der Waals surface area (Å²) in [6, 6.07) is 2.08. The fourth-order valence-corrected chi connectivity index (χ4v) is 2.56. The summed E-state index contributed by atoms with van der Waals surface area (Å²) in [5, 5.41) is 11.9. The van der Waals surface area contributed by atoms with E-state index in [1.54, 1.807) is 6.92 Å². The third kappa shape index (κ3) is 3.05. The molecule has 2 aromatic heterocycles. The Morgan fingerprint density at radius 1 is 1.36 bits per heavy atom. The van der Waals surface area contributed by atoms with Crippen LogP contribution in [0.15, 0.2) is 9.59 Å². The maximum absolute atomic E-state index is 12.4. The Morgan fingerprint density at radius 3 is 2.48 bits per heavy atom. The number of hydrogen-bond donors (Lipinski definition) is 1. The highest BCUT2D eigenvalue weighted by Crippen LogP contribution is 2.17. The first-order chi connectivity index (χ1) is 11.5. The Morgan fingerprint density at radius 2 is 1.96 bits per heavy atom. The van der Waals surface area contributed by atoms with Gasteiger partial charge in [-0.2, -0.15) is 10.2 Å². The number of nitriles is 1. The summed E-state index contributed by atoms with van der Waals surface area (Å²) in [4.78, 5) is 40.8. The number of rotatable bonds is 4. The number of nitrogens with zero attached hydrogens (tertiary/aromatic N) is 5. The summed E-state index contributed by atoms with van der Waals surface area (Å²) in [5.74, 6) is -0.611. The summed E-state index contributed by atoms with van der Waals surface area (Å²) in [6.07, 6.45) is 0. The van der Waals surface area contributed by atoms with E-state index >= 15 is 0 Å². The van der Waals surface area contributed by atoms with Crippen LogP contribution in [0, 0.1) is 17.2 Å². The summed E-state index contributed by atoms with van der Waals surface area (Å²) in [5.41, 5.74) is -2.05. The number of hydrogen-bond acceptors (Lipinski definition) is 5. The Bertz CT molecular complexity index is 1010. The molecule has 2 heterocycles. The monoisotopic (exact) mass is 366 g/mol. The van der Waals surface area contributed by atoms with Gasteiger partial charge >= 0.3 is 5.69 Å². The van der Waals surface area contributed by atoms with E-state index in [0.717, 1.165) is 4.57 Å². The van der Waals surface area contributed by atoms with Crippen molar-refractivity contribution in [3.05, 3.63) is 26.1 Å². The molecule has 9 nitrogen and oxygen atoms in total. The van der Waals surface area contributed by atoms with Gasteiger partial charge in [0, 0.05) is 14.1 Å². The molecule has 10 heteroatoms. The van der Waals surface area contributed by atoms with E-state index < -0.39 is 22.7 Å². The molecule has 0 aliphatic heterocycles. The average Bonchev–Trinajstić information content (AvgIpc) is 2.87. The molecule has 1 amide bonds. The van der Waals surface area contributed by atoms with E-state index in [1.807, 2.05) is 13.8 Å². The molecular weight excluding hydrogens is 348 g/mol. The normalized spacial score (nSPS) is 13.7. The van der Waals surface area contributed by atoms with Gasteiger partial charge in [-0.1, -0.05) is 13.8 Å². The van der Waals surface area contributed by atoms with E-state index in [1.165, 1.54) is 23.2 Å². The van der Waals surface area contributed by atoms with E-state index in [9.17, 15) is 19.6 Å². The minimum atomic E-state index is -1.06. The van der Waals surface area contributed by atoms with Gasteiger partial charge in [-0.3, -0.25) is 23.3 Å². The minimum absolute atomic E-state index is 0.0490. The molecule has 134 valence electrons. The van der Waals surface area contributed by atoms with Crippen molar-refractivity contribution in [3.63, 3.8) is 0 Å².